The van der Waals surface area contributed by atoms with Gasteiger partial charge >= 0.3 is 0 Å². The van der Waals surface area contributed by atoms with E-state index in [0.717, 1.165) is 54.2 Å². The molecule has 2 aliphatic heterocycles. The number of methoxy groups -OCH3 is 2. The van der Waals surface area contributed by atoms with E-state index in [1.165, 1.54) is 0 Å². The topological polar surface area (TPSA) is 90.1 Å². The Morgan fingerprint density at radius 1 is 0.824 bits per heavy atom. The number of aromatic nitrogens is 1. The van der Waals surface area contributed by atoms with Gasteiger partial charge in [0.2, 0.25) is 10.0 Å². The fourth-order valence-electron chi connectivity index (χ4n) is 4.78. The smallest absolute Gasteiger partial charge is 0.243 e. The molecule has 0 atom stereocenters. The van der Waals surface area contributed by atoms with Crippen LogP contribution in [0.15, 0.2) is 47.5 Å². The molecule has 3 heterocycles. The van der Waals surface area contributed by atoms with Gasteiger partial charge in [0.1, 0.15) is 11.5 Å². The van der Waals surface area contributed by atoms with Crippen molar-refractivity contribution < 1.29 is 17.9 Å². The van der Waals surface area contributed by atoms with E-state index in [9.17, 15) is 8.42 Å². The maximum absolute atomic E-state index is 13.5. The number of ether oxygens (including phenoxy) is 2. The first kappa shape index (κ1) is 22.8. The van der Waals surface area contributed by atoms with Crippen molar-refractivity contribution in [3.05, 3.63) is 42.6 Å². The minimum absolute atomic E-state index is 0.312. The molecule has 0 bridgehead atoms. The molecule has 2 aliphatic rings. The van der Waals surface area contributed by atoms with Crippen LogP contribution in [0.3, 0.4) is 0 Å². The van der Waals surface area contributed by atoms with E-state index >= 15 is 0 Å². The SMILES string of the molecule is COc1ccc2[nH]cc(N3CCN(S(=O)(=O)c4ccc(OC)c(N5CCNCC5)c4)CC3)c2c1. The number of nitrogens with zero attached hydrogens (tertiary/aromatic N) is 3. The summed E-state index contributed by atoms with van der Waals surface area (Å²) in [6, 6.07) is 11.1. The molecule has 1 aromatic heterocycles. The van der Waals surface area contributed by atoms with Crippen LogP contribution in [0, 0.1) is 0 Å². The predicted molar refractivity (Wildman–Crippen MR) is 134 cm³/mol. The van der Waals surface area contributed by atoms with Crippen LogP contribution in [-0.2, 0) is 10.0 Å². The van der Waals surface area contributed by atoms with Gasteiger partial charge in [-0.3, -0.25) is 0 Å². The highest BCUT2D eigenvalue weighted by Crippen LogP contribution is 2.34. The van der Waals surface area contributed by atoms with Gasteiger partial charge in [-0.15, -0.1) is 0 Å². The van der Waals surface area contributed by atoms with Gasteiger partial charge in [0.05, 0.1) is 30.5 Å². The zero-order valence-electron chi connectivity index (χ0n) is 19.6. The number of nitrogens with one attached hydrogen (secondary N) is 2. The van der Waals surface area contributed by atoms with Crippen molar-refractivity contribution in [3.8, 4) is 11.5 Å². The molecule has 5 rings (SSSR count). The third-order valence-electron chi connectivity index (χ3n) is 6.69. The lowest BCUT2D eigenvalue weighted by atomic mass is 10.2. The van der Waals surface area contributed by atoms with Crippen molar-refractivity contribution in [1.82, 2.24) is 14.6 Å². The first-order valence-electron chi connectivity index (χ1n) is 11.5. The fraction of sp³-hybridized carbons (Fsp3) is 0.417. The number of benzene rings is 2. The van der Waals surface area contributed by atoms with Gasteiger partial charge in [-0.05, 0) is 36.4 Å². The fourth-order valence-corrected chi connectivity index (χ4v) is 6.22. The average molecular weight is 486 g/mol. The lowest BCUT2D eigenvalue weighted by Gasteiger charge is -2.35. The Morgan fingerprint density at radius 3 is 2.26 bits per heavy atom. The Balaban J connectivity index is 1.35. The van der Waals surface area contributed by atoms with Crippen molar-refractivity contribution in [2.45, 2.75) is 4.90 Å². The number of aromatic amines is 1. The molecule has 34 heavy (non-hydrogen) atoms. The first-order chi connectivity index (χ1) is 16.5. The van der Waals surface area contributed by atoms with Gasteiger partial charge in [0, 0.05) is 69.5 Å². The van der Waals surface area contributed by atoms with E-state index in [1.807, 2.05) is 24.4 Å². The quantitative estimate of drug-likeness (QED) is 0.553. The highest BCUT2D eigenvalue weighted by Gasteiger charge is 2.30. The van der Waals surface area contributed by atoms with E-state index < -0.39 is 10.0 Å². The molecule has 2 saturated heterocycles. The number of hydrogen-bond donors (Lipinski definition) is 2. The maximum atomic E-state index is 13.5. The third-order valence-corrected chi connectivity index (χ3v) is 8.59. The lowest BCUT2D eigenvalue weighted by molar-refractivity contribution is 0.385. The summed E-state index contributed by atoms with van der Waals surface area (Å²) in [5.74, 6) is 1.50. The molecule has 2 N–H and O–H groups in total. The van der Waals surface area contributed by atoms with E-state index in [1.54, 1.807) is 36.7 Å². The van der Waals surface area contributed by atoms with E-state index in [-0.39, 0.29) is 0 Å². The summed E-state index contributed by atoms with van der Waals surface area (Å²) in [5.41, 5.74) is 2.93. The molecule has 9 nitrogen and oxygen atoms in total. The Bertz CT molecular complexity index is 1260. The summed E-state index contributed by atoms with van der Waals surface area (Å²) < 4.78 is 39.5. The van der Waals surface area contributed by atoms with Crippen LogP contribution in [-0.4, -0.2) is 84.3 Å². The van der Waals surface area contributed by atoms with Crippen LogP contribution in [0.4, 0.5) is 11.4 Å². The van der Waals surface area contributed by atoms with Crippen LogP contribution >= 0.6 is 0 Å². The largest absolute Gasteiger partial charge is 0.497 e. The molecule has 0 amide bonds. The molecule has 0 aliphatic carbocycles. The standard InChI is InChI=1S/C24H31N5O4S/c1-32-18-3-5-21-20(15-18)23(17-26-21)28-11-13-29(14-12-28)34(30,31)19-4-6-24(33-2)22(16-19)27-9-7-25-8-10-27/h3-6,15-17,25-26H,7-14H2,1-2H3. The zero-order chi connectivity index (χ0) is 23.7. The van der Waals surface area contributed by atoms with Gasteiger partial charge in [0.25, 0.3) is 0 Å². The summed E-state index contributed by atoms with van der Waals surface area (Å²) in [6.45, 7) is 5.43. The highest BCUT2D eigenvalue weighted by atomic mass is 32.2. The Kier molecular flexibility index (Phi) is 6.28. The minimum Gasteiger partial charge on any atom is -0.497 e. The third kappa shape index (κ3) is 4.17. The second-order valence-corrected chi connectivity index (χ2v) is 10.5. The molecule has 0 spiro atoms. The summed E-state index contributed by atoms with van der Waals surface area (Å²) in [5, 5.41) is 4.40. The molecule has 0 saturated carbocycles. The van der Waals surface area contributed by atoms with E-state index in [4.69, 9.17) is 9.47 Å². The van der Waals surface area contributed by atoms with Crippen LogP contribution in [0.25, 0.3) is 10.9 Å². The number of H-pyrrole nitrogens is 1. The Hall–Kier alpha value is -2.95. The lowest BCUT2D eigenvalue weighted by Crippen LogP contribution is -2.48. The van der Waals surface area contributed by atoms with Crippen LogP contribution in [0.1, 0.15) is 0 Å². The number of anilines is 2. The number of rotatable bonds is 6. The summed E-state index contributed by atoms with van der Waals surface area (Å²) in [6.07, 6.45) is 1.98. The average Bonchev–Trinajstić information content (AvgIpc) is 3.32. The Morgan fingerprint density at radius 2 is 1.56 bits per heavy atom. The van der Waals surface area contributed by atoms with Crippen molar-refractivity contribution in [2.75, 3.05) is 76.4 Å². The van der Waals surface area contributed by atoms with Crippen molar-refractivity contribution in [3.63, 3.8) is 0 Å². The van der Waals surface area contributed by atoms with Gasteiger partial charge in [0.15, 0.2) is 0 Å². The number of fused-ring (bicyclic) bond motifs is 1. The van der Waals surface area contributed by atoms with E-state index in [2.05, 4.69) is 20.1 Å². The van der Waals surface area contributed by atoms with Gasteiger partial charge in [-0.1, -0.05) is 0 Å². The summed E-state index contributed by atoms with van der Waals surface area (Å²) >= 11 is 0. The van der Waals surface area contributed by atoms with Crippen LogP contribution < -0.4 is 24.6 Å². The summed E-state index contributed by atoms with van der Waals surface area (Å²) in [4.78, 5) is 8.02. The van der Waals surface area contributed by atoms with Crippen LogP contribution in [0.2, 0.25) is 0 Å². The monoisotopic (exact) mass is 485 g/mol. The predicted octanol–water partition coefficient (Wildman–Crippen LogP) is 2.11. The van der Waals surface area contributed by atoms with Gasteiger partial charge < -0.3 is 29.6 Å². The molecule has 2 fully saturated rings. The number of piperazine rings is 2. The molecule has 182 valence electrons. The molecular formula is C24H31N5O4S. The van der Waals surface area contributed by atoms with Crippen molar-refractivity contribution >= 4 is 32.3 Å². The minimum atomic E-state index is -3.61. The highest BCUT2D eigenvalue weighted by molar-refractivity contribution is 7.89. The maximum Gasteiger partial charge on any atom is 0.243 e. The second-order valence-electron chi connectivity index (χ2n) is 8.55. The Labute approximate surface area is 200 Å². The zero-order valence-corrected chi connectivity index (χ0v) is 20.4. The van der Waals surface area contributed by atoms with Crippen LogP contribution in [0.5, 0.6) is 11.5 Å². The summed E-state index contributed by atoms with van der Waals surface area (Å²) in [7, 11) is -0.336. The second kappa shape index (κ2) is 9.36. The molecular weight excluding hydrogens is 454 g/mol. The number of sulfonamides is 1. The number of hydrogen-bond acceptors (Lipinski definition) is 7. The van der Waals surface area contributed by atoms with Gasteiger partial charge in [-0.2, -0.15) is 4.31 Å². The molecule has 3 aromatic rings. The molecule has 2 aromatic carbocycles. The van der Waals surface area contributed by atoms with E-state index in [0.29, 0.717) is 36.8 Å². The van der Waals surface area contributed by atoms with Gasteiger partial charge in [-0.25, -0.2) is 8.42 Å². The van der Waals surface area contributed by atoms with Crippen molar-refractivity contribution in [1.29, 1.82) is 0 Å². The molecule has 0 radical (unpaired) electrons. The molecule has 0 unspecified atom stereocenters. The first-order valence-corrected chi connectivity index (χ1v) is 13.0. The normalized spacial score (nSPS) is 17.8. The molecule has 10 heteroatoms. The van der Waals surface area contributed by atoms with Crippen molar-refractivity contribution in [2.24, 2.45) is 0 Å².